The van der Waals surface area contributed by atoms with Crippen molar-refractivity contribution in [3.05, 3.63) is 59.7 Å². The molecule has 26 heavy (non-hydrogen) atoms. The van der Waals surface area contributed by atoms with Crippen molar-refractivity contribution in [3.8, 4) is 0 Å². The van der Waals surface area contributed by atoms with Gasteiger partial charge in [-0.2, -0.15) is 0 Å². The van der Waals surface area contributed by atoms with Gasteiger partial charge in [0, 0.05) is 17.8 Å². The maximum absolute atomic E-state index is 13.7. The summed E-state index contributed by atoms with van der Waals surface area (Å²) in [6.07, 6.45) is 8.00. The van der Waals surface area contributed by atoms with Gasteiger partial charge in [-0.1, -0.05) is 37.8 Å². The molecule has 0 saturated heterocycles. The molecule has 0 unspecified atom stereocenters. The van der Waals surface area contributed by atoms with Gasteiger partial charge in [-0.25, -0.2) is 4.39 Å². The summed E-state index contributed by atoms with van der Waals surface area (Å²) in [4.78, 5) is 28.9. The zero-order chi connectivity index (χ0) is 18.4. The number of pyridine rings is 1. The summed E-state index contributed by atoms with van der Waals surface area (Å²) in [6.45, 7) is 0. The third kappa shape index (κ3) is 4.65. The molecule has 0 bridgehead atoms. The van der Waals surface area contributed by atoms with Crippen LogP contribution in [0.4, 0.5) is 10.1 Å². The number of carbonyl (C=O) groups excluding carboxylic acids is 2. The summed E-state index contributed by atoms with van der Waals surface area (Å²) in [5.41, 5.74) is 0.545. The molecule has 0 spiro atoms. The first kappa shape index (κ1) is 18.0. The van der Waals surface area contributed by atoms with Crippen LogP contribution >= 0.6 is 0 Å². The van der Waals surface area contributed by atoms with E-state index in [2.05, 4.69) is 15.6 Å². The van der Waals surface area contributed by atoms with Crippen LogP contribution in [0.3, 0.4) is 0 Å². The van der Waals surface area contributed by atoms with Crippen LogP contribution in [0.15, 0.2) is 42.6 Å². The number of hydrogen-bond acceptors (Lipinski definition) is 3. The van der Waals surface area contributed by atoms with Crippen molar-refractivity contribution in [2.75, 3.05) is 5.32 Å². The van der Waals surface area contributed by atoms with E-state index >= 15 is 0 Å². The van der Waals surface area contributed by atoms with Gasteiger partial charge in [0.1, 0.15) is 11.5 Å². The third-order valence-corrected chi connectivity index (χ3v) is 4.57. The summed E-state index contributed by atoms with van der Waals surface area (Å²) in [6, 6.07) is 9.02. The molecular formula is C20H22FN3O2. The predicted octanol–water partition coefficient (Wildman–Crippen LogP) is 3.93. The van der Waals surface area contributed by atoms with Crippen molar-refractivity contribution in [1.82, 2.24) is 10.3 Å². The number of nitrogens with zero attached hydrogens (tertiary/aromatic N) is 1. The van der Waals surface area contributed by atoms with E-state index in [1.165, 1.54) is 43.3 Å². The molecule has 0 atom stereocenters. The molecule has 5 nitrogen and oxygen atoms in total. The number of halogens is 1. The number of para-hydroxylation sites is 1. The number of hydrogen-bond donors (Lipinski definition) is 2. The van der Waals surface area contributed by atoms with Crippen molar-refractivity contribution >= 4 is 17.5 Å². The normalized spacial score (nSPS) is 15.1. The Bertz CT molecular complexity index is 786. The van der Waals surface area contributed by atoms with Gasteiger partial charge in [0.15, 0.2) is 0 Å². The van der Waals surface area contributed by atoms with Gasteiger partial charge in [-0.05, 0) is 37.1 Å². The van der Waals surface area contributed by atoms with Crippen LogP contribution in [0.2, 0.25) is 0 Å². The fourth-order valence-corrected chi connectivity index (χ4v) is 3.14. The van der Waals surface area contributed by atoms with Crippen molar-refractivity contribution in [1.29, 1.82) is 0 Å². The molecule has 1 aromatic carbocycles. The Morgan fingerprint density at radius 1 is 1.00 bits per heavy atom. The smallest absolute Gasteiger partial charge is 0.270 e. The second-order valence-corrected chi connectivity index (χ2v) is 6.53. The van der Waals surface area contributed by atoms with Crippen molar-refractivity contribution in [2.45, 2.75) is 44.6 Å². The molecule has 2 N–H and O–H groups in total. The first-order valence-corrected chi connectivity index (χ1v) is 8.96. The Morgan fingerprint density at radius 3 is 2.46 bits per heavy atom. The fourth-order valence-electron chi connectivity index (χ4n) is 3.14. The molecule has 1 aliphatic carbocycles. The van der Waals surface area contributed by atoms with Crippen LogP contribution in [0.1, 0.15) is 59.4 Å². The van der Waals surface area contributed by atoms with Crippen LogP contribution in [0.25, 0.3) is 0 Å². The van der Waals surface area contributed by atoms with E-state index < -0.39 is 11.7 Å². The SMILES string of the molecule is O=C(Nc1ccccc1F)c1ccnc(C(=O)NC2CCCCCC2)c1. The Kier molecular flexibility index (Phi) is 5.94. The number of aromatic nitrogens is 1. The zero-order valence-electron chi connectivity index (χ0n) is 14.5. The molecule has 1 aliphatic rings. The first-order valence-electron chi connectivity index (χ1n) is 8.96. The topological polar surface area (TPSA) is 71.1 Å². The minimum Gasteiger partial charge on any atom is -0.348 e. The molecule has 0 radical (unpaired) electrons. The highest BCUT2D eigenvalue weighted by molar-refractivity contribution is 6.05. The quantitative estimate of drug-likeness (QED) is 0.817. The average molecular weight is 355 g/mol. The van der Waals surface area contributed by atoms with E-state index in [9.17, 15) is 14.0 Å². The standard InChI is InChI=1S/C20H22FN3O2/c21-16-9-5-6-10-17(16)24-19(25)14-11-12-22-18(13-14)20(26)23-15-7-3-1-2-4-8-15/h5-6,9-13,15H,1-4,7-8H2,(H,23,26)(H,24,25). The summed E-state index contributed by atoms with van der Waals surface area (Å²) in [5, 5.41) is 5.52. The molecule has 1 saturated carbocycles. The maximum Gasteiger partial charge on any atom is 0.270 e. The summed E-state index contributed by atoms with van der Waals surface area (Å²) >= 11 is 0. The molecule has 1 heterocycles. The summed E-state index contributed by atoms with van der Waals surface area (Å²) in [7, 11) is 0. The van der Waals surface area contributed by atoms with E-state index in [1.807, 2.05) is 0 Å². The van der Waals surface area contributed by atoms with Crippen LogP contribution in [0, 0.1) is 5.82 Å². The lowest BCUT2D eigenvalue weighted by Gasteiger charge is -2.16. The van der Waals surface area contributed by atoms with Crippen LogP contribution in [-0.2, 0) is 0 Å². The number of rotatable bonds is 4. The Balaban J connectivity index is 1.68. The van der Waals surface area contributed by atoms with Crippen molar-refractivity contribution in [2.24, 2.45) is 0 Å². The summed E-state index contributed by atoms with van der Waals surface area (Å²) < 4.78 is 13.7. The van der Waals surface area contributed by atoms with Crippen molar-refractivity contribution in [3.63, 3.8) is 0 Å². The molecular weight excluding hydrogens is 333 g/mol. The highest BCUT2D eigenvalue weighted by Crippen LogP contribution is 2.18. The molecule has 3 rings (SSSR count). The molecule has 1 aromatic heterocycles. The van der Waals surface area contributed by atoms with Crippen LogP contribution in [0.5, 0.6) is 0 Å². The summed E-state index contributed by atoms with van der Waals surface area (Å²) in [5.74, 6) is -1.28. The minimum atomic E-state index is -0.513. The highest BCUT2D eigenvalue weighted by Gasteiger charge is 2.18. The Morgan fingerprint density at radius 2 is 1.73 bits per heavy atom. The molecule has 0 aliphatic heterocycles. The number of nitrogens with one attached hydrogen (secondary N) is 2. The van der Waals surface area contributed by atoms with Gasteiger partial charge in [0.05, 0.1) is 5.69 Å². The van der Waals surface area contributed by atoms with Gasteiger partial charge in [-0.3, -0.25) is 14.6 Å². The molecule has 136 valence electrons. The first-order chi connectivity index (χ1) is 12.6. The monoisotopic (exact) mass is 355 g/mol. The molecule has 1 fully saturated rings. The van der Waals surface area contributed by atoms with Crippen LogP contribution in [-0.4, -0.2) is 22.8 Å². The second kappa shape index (κ2) is 8.56. The molecule has 2 amide bonds. The zero-order valence-corrected chi connectivity index (χ0v) is 14.5. The van der Waals surface area contributed by atoms with Crippen molar-refractivity contribution < 1.29 is 14.0 Å². The van der Waals surface area contributed by atoms with Crippen LogP contribution < -0.4 is 10.6 Å². The van der Waals surface area contributed by atoms with E-state index in [0.29, 0.717) is 0 Å². The number of anilines is 1. The molecule has 6 heteroatoms. The lowest BCUT2D eigenvalue weighted by Crippen LogP contribution is -2.35. The maximum atomic E-state index is 13.7. The van der Waals surface area contributed by atoms with Gasteiger partial charge in [-0.15, -0.1) is 0 Å². The largest absolute Gasteiger partial charge is 0.348 e. The highest BCUT2D eigenvalue weighted by atomic mass is 19.1. The van der Waals surface area contributed by atoms with Gasteiger partial charge in [0.25, 0.3) is 11.8 Å². The Labute approximate surface area is 152 Å². The van der Waals surface area contributed by atoms with E-state index in [-0.39, 0.29) is 28.9 Å². The third-order valence-electron chi connectivity index (χ3n) is 4.57. The number of carbonyl (C=O) groups is 2. The number of benzene rings is 1. The van der Waals surface area contributed by atoms with E-state index in [0.717, 1.165) is 25.7 Å². The number of amides is 2. The average Bonchev–Trinajstić information content (AvgIpc) is 2.92. The predicted molar refractivity (Wildman–Crippen MR) is 97.5 cm³/mol. The van der Waals surface area contributed by atoms with Gasteiger partial charge >= 0.3 is 0 Å². The van der Waals surface area contributed by atoms with Gasteiger partial charge in [0.2, 0.25) is 0 Å². The molecule has 2 aromatic rings. The van der Waals surface area contributed by atoms with E-state index in [1.54, 1.807) is 12.1 Å². The van der Waals surface area contributed by atoms with E-state index in [4.69, 9.17) is 0 Å². The Hall–Kier alpha value is -2.76. The fraction of sp³-hybridized carbons (Fsp3) is 0.350. The lowest BCUT2D eigenvalue weighted by molar-refractivity contribution is 0.0928. The van der Waals surface area contributed by atoms with Gasteiger partial charge < -0.3 is 10.6 Å². The lowest BCUT2D eigenvalue weighted by atomic mass is 10.1. The minimum absolute atomic E-state index is 0.0961. The second-order valence-electron chi connectivity index (χ2n) is 6.53.